The van der Waals surface area contributed by atoms with Gasteiger partial charge in [0, 0.05) is 50.7 Å². The Balaban J connectivity index is 1.68. The van der Waals surface area contributed by atoms with Gasteiger partial charge in [-0.05, 0) is 47.5 Å². The molecule has 2 aromatic heterocycles. The Morgan fingerprint density at radius 1 is 0.576 bits per heavy atom. The van der Waals surface area contributed by atoms with Crippen LogP contribution in [0.25, 0.3) is 32.9 Å². The van der Waals surface area contributed by atoms with Crippen molar-refractivity contribution in [1.29, 1.82) is 0 Å². The normalized spacial score (nSPS) is 11.6. The first-order valence-electron chi connectivity index (χ1n) is 10.9. The van der Waals surface area contributed by atoms with Gasteiger partial charge >= 0.3 is 0 Å². The average Bonchev–Trinajstić information content (AvgIpc) is 3.43. The highest BCUT2D eigenvalue weighted by Gasteiger charge is 2.26. The van der Waals surface area contributed by atoms with Crippen LogP contribution < -0.4 is 0 Å². The third-order valence-corrected chi connectivity index (χ3v) is 6.29. The summed E-state index contributed by atoms with van der Waals surface area (Å²) in [7, 11) is 0. The number of aromatic nitrogens is 2. The molecule has 6 rings (SSSR count). The molecule has 33 heavy (non-hydrogen) atoms. The maximum absolute atomic E-state index is 13.8. The Labute approximate surface area is 189 Å². The van der Waals surface area contributed by atoms with Crippen LogP contribution in [0, 0.1) is 11.6 Å². The van der Waals surface area contributed by atoms with Crippen molar-refractivity contribution in [2.75, 3.05) is 0 Å². The molecule has 4 aromatic carbocycles. The van der Waals surface area contributed by atoms with Crippen LogP contribution in [0.1, 0.15) is 22.7 Å². The molecule has 160 valence electrons. The second-order valence-electron chi connectivity index (χ2n) is 8.24. The highest BCUT2D eigenvalue weighted by Crippen LogP contribution is 2.43. The van der Waals surface area contributed by atoms with Crippen molar-refractivity contribution in [2.24, 2.45) is 0 Å². The number of H-pyrrole nitrogens is 2. The summed E-state index contributed by atoms with van der Waals surface area (Å²) in [6, 6.07) is 29.5. The highest BCUT2D eigenvalue weighted by atomic mass is 19.1. The first kappa shape index (κ1) is 19.5. The Kier molecular flexibility index (Phi) is 4.58. The molecule has 0 unspecified atom stereocenters. The SMILES string of the molecule is Fc1ccc(C(c2ccc(F)cc2)c2[nH]c3ccccc3c2-c2c[nH]c3ccccc23)cc1. The predicted molar refractivity (Wildman–Crippen MR) is 129 cm³/mol. The minimum absolute atomic E-state index is 0.234. The van der Waals surface area contributed by atoms with E-state index < -0.39 is 0 Å². The monoisotopic (exact) mass is 434 g/mol. The summed E-state index contributed by atoms with van der Waals surface area (Å²) in [4.78, 5) is 7.03. The molecular weight excluding hydrogens is 414 g/mol. The minimum atomic E-state index is -0.287. The Morgan fingerprint density at radius 3 is 1.76 bits per heavy atom. The molecule has 2 N–H and O–H groups in total. The molecule has 0 spiro atoms. The molecule has 0 aliphatic rings. The first-order chi connectivity index (χ1) is 16.2. The van der Waals surface area contributed by atoms with E-state index in [2.05, 4.69) is 34.2 Å². The van der Waals surface area contributed by atoms with Gasteiger partial charge in [0.25, 0.3) is 0 Å². The number of hydrogen-bond acceptors (Lipinski definition) is 0. The van der Waals surface area contributed by atoms with E-state index in [0.717, 1.165) is 49.8 Å². The second kappa shape index (κ2) is 7.75. The molecule has 0 radical (unpaired) electrons. The molecule has 0 amide bonds. The number of aromatic amines is 2. The van der Waals surface area contributed by atoms with Crippen molar-refractivity contribution < 1.29 is 8.78 Å². The number of fused-ring (bicyclic) bond motifs is 2. The van der Waals surface area contributed by atoms with E-state index in [-0.39, 0.29) is 17.6 Å². The maximum atomic E-state index is 13.8. The number of para-hydroxylation sites is 2. The summed E-state index contributed by atoms with van der Waals surface area (Å²) < 4.78 is 27.6. The number of halogens is 2. The highest BCUT2D eigenvalue weighted by molar-refractivity contribution is 6.06. The zero-order valence-corrected chi connectivity index (χ0v) is 17.6. The Bertz CT molecular complexity index is 1530. The number of rotatable bonds is 4. The minimum Gasteiger partial charge on any atom is -0.361 e. The van der Waals surface area contributed by atoms with E-state index in [9.17, 15) is 8.78 Å². The lowest BCUT2D eigenvalue weighted by Crippen LogP contribution is -2.05. The molecule has 0 aliphatic carbocycles. The first-order valence-corrected chi connectivity index (χ1v) is 10.9. The molecule has 0 saturated heterocycles. The lowest BCUT2D eigenvalue weighted by atomic mass is 9.85. The standard InChI is InChI=1S/C29H20F2N2/c30-20-13-9-18(10-14-20)27(19-11-15-21(31)16-12-19)29-28(23-6-2-4-8-26(23)33-29)24-17-32-25-7-3-1-5-22(24)25/h1-17,27,32-33H. The maximum Gasteiger partial charge on any atom is 0.123 e. The van der Waals surface area contributed by atoms with Crippen molar-refractivity contribution in [2.45, 2.75) is 5.92 Å². The third kappa shape index (κ3) is 3.31. The smallest absolute Gasteiger partial charge is 0.123 e. The van der Waals surface area contributed by atoms with Crippen LogP contribution in [0.2, 0.25) is 0 Å². The van der Waals surface area contributed by atoms with Crippen LogP contribution in [-0.2, 0) is 0 Å². The van der Waals surface area contributed by atoms with Crippen LogP contribution >= 0.6 is 0 Å². The van der Waals surface area contributed by atoms with Crippen molar-refractivity contribution >= 4 is 21.8 Å². The van der Waals surface area contributed by atoms with Gasteiger partial charge in [0.05, 0.1) is 0 Å². The molecular formula is C29H20F2N2. The fourth-order valence-electron chi connectivity index (χ4n) is 4.78. The molecule has 0 saturated carbocycles. The van der Waals surface area contributed by atoms with Crippen LogP contribution in [-0.4, -0.2) is 9.97 Å². The molecule has 0 aliphatic heterocycles. The number of nitrogens with one attached hydrogen (secondary N) is 2. The summed E-state index contributed by atoms with van der Waals surface area (Å²) in [5.74, 6) is -0.808. The van der Waals surface area contributed by atoms with Gasteiger partial charge in [-0.25, -0.2) is 8.78 Å². The molecule has 0 atom stereocenters. The van der Waals surface area contributed by atoms with Gasteiger partial charge in [0.1, 0.15) is 11.6 Å². The number of benzene rings is 4. The molecule has 2 nitrogen and oxygen atoms in total. The van der Waals surface area contributed by atoms with Gasteiger partial charge in [0.2, 0.25) is 0 Å². The van der Waals surface area contributed by atoms with Crippen molar-refractivity contribution in [1.82, 2.24) is 9.97 Å². The quantitative estimate of drug-likeness (QED) is 0.284. The van der Waals surface area contributed by atoms with Crippen LogP contribution in [0.4, 0.5) is 8.78 Å². The average molecular weight is 434 g/mol. The van der Waals surface area contributed by atoms with Gasteiger partial charge in [-0.2, -0.15) is 0 Å². The summed E-state index contributed by atoms with van der Waals surface area (Å²) in [5, 5.41) is 2.23. The van der Waals surface area contributed by atoms with Crippen molar-refractivity contribution in [3.63, 3.8) is 0 Å². The predicted octanol–water partition coefficient (Wildman–Crippen LogP) is 7.77. The van der Waals surface area contributed by atoms with Crippen LogP contribution in [0.3, 0.4) is 0 Å². The molecule has 0 fully saturated rings. The molecule has 0 bridgehead atoms. The van der Waals surface area contributed by atoms with E-state index in [1.807, 2.05) is 30.5 Å². The zero-order chi connectivity index (χ0) is 22.4. The van der Waals surface area contributed by atoms with E-state index >= 15 is 0 Å². The zero-order valence-electron chi connectivity index (χ0n) is 17.6. The van der Waals surface area contributed by atoms with Gasteiger partial charge in [0.15, 0.2) is 0 Å². The van der Waals surface area contributed by atoms with E-state index in [1.54, 1.807) is 24.3 Å². The van der Waals surface area contributed by atoms with Crippen molar-refractivity contribution in [3.05, 3.63) is 132 Å². The fourth-order valence-corrected chi connectivity index (χ4v) is 4.78. The lowest BCUT2D eigenvalue weighted by molar-refractivity contribution is 0.626. The molecule has 2 heterocycles. The van der Waals surface area contributed by atoms with Crippen molar-refractivity contribution in [3.8, 4) is 11.1 Å². The topological polar surface area (TPSA) is 31.6 Å². The van der Waals surface area contributed by atoms with E-state index in [4.69, 9.17) is 0 Å². The Morgan fingerprint density at radius 2 is 1.12 bits per heavy atom. The third-order valence-electron chi connectivity index (χ3n) is 6.29. The number of hydrogen-bond donors (Lipinski definition) is 2. The summed E-state index contributed by atoms with van der Waals surface area (Å²) in [6.07, 6.45) is 2.04. The van der Waals surface area contributed by atoms with Gasteiger partial charge in [-0.1, -0.05) is 60.7 Å². The second-order valence-corrected chi connectivity index (χ2v) is 8.24. The van der Waals surface area contributed by atoms with Gasteiger partial charge in [-0.15, -0.1) is 0 Å². The summed E-state index contributed by atoms with van der Waals surface area (Å²) >= 11 is 0. The van der Waals surface area contributed by atoms with E-state index in [1.165, 1.54) is 24.3 Å². The summed E-state index contributed by atoms with van der Waals surface area (Å²) in [6.45, 7) is 0. The van der Waals surface area contributed by atoms with E-state index in [0.29, 0.717) is 0 Å². The summed E-state index contributed by atoms with van der Waals surface area (Å²) in [5.41, 5.74) is 7.09. The lowest BCUT2D eigenvalue weighted by Gasteiger charge is -2.19. The molecule has 4 heteroatoms. The van der Waals surface area contributed by atoms with Crippen LogP contribution in [0.5, 0.6) is 0 Å². The molecule has 6 aromatic rings. The van der Waals surface area contributed by atoms with Gasteiger partial charge in [-0.3, -0.25) is 0 Å². The Hall–Kier alpha value is -4.18. The fraction of sp³-hybridized carbons (Fsp3) is 0.0345. The van der Waals surface area contributed by atoms with Gasteiger partial charge < -0.3 is 9.97 Å². The van der Waals surface area contributed by atoms with Crippen LogP contribution in [0.15, 0.2) is 103 Å². The largest absolute Gasteiger partial charge is 0.361 e.